The molecule has 25 heavy (non-hydrogen) atoms. The second kappa shape index (κ2) is 8.35. The number of anilines is 1. The Labute approximate surface area is 162 Å². The van der Waals surface area contributed by atoms with Gasteiger partial charge in [-0.2, -0.15) is 0 Å². The molecule has 3 rings (SSSR count). The molecule has 1 aliphatic rings. The van der Waals surface area contributed by atoms with Crippen molar-refractivity contribution < 1.29 is 4.79 Å². The number of halogens is 2. The normalized spacial score (nSPS) is 18.1. The van der Waals surface area contributed by atoms with Crippen molar-refractivity contribution in [1.82, 2.24) is 4.90 Å². The fourth-order valence-corrected chi connectivity index (χ4v) is 3.65. The maximum Gasteiger partial charge on any atom is 0.255 e. The molecule has 1 heterocycles. The summed E-state index contributed by atoms with van der Waals surface area (Å²) in [5.41, 5.74) is 2.58. The summed E-state index contributed by atoms with van der Waals surface area (Å²) in [6.45, 7) is 5.59. The summed E-state index contributed by atoms with van der Waals surface area (Å²) in [7, 11) is 0. The summed E-state index contributed by atoms with van der Waals surface area (Å²) >= 11 is 9.41. The number of hydrogen-bond donors (Lipinski definition) is 1. The third kappa shape index (κ3) is 5.06. The van der Waals surface area contributed by atoms with Crippen molar-refractivity contribution in [2.24, 2.45) is 5.92 Å². The lowest BCUT2D eigenvalue weighted by molar-refractivity contribution is 0.102. The topological polar surface area (TPSA) is 32.3 Å². The van der Waals surface area contributed by atoms with Gasteiger partial charge in [0.25, 0.3) is 5.91 Å². The number of carbonyl (C=O) groups excluding carboxylic acids is 1. The maximum atomic E-state index is 12.4. The minimum atomic E-state index is -0.128. The third-order valence-corrected chi connectivity index (χ3v) is 5.77. The molecule has 1 amide bonds. The first kappa shape index (κ1) is 18.4. The van der Waals surface area contributed by atoms with Crippen molar-refractivity contribution >= 4 is 39.1 Å². The summed E-state index contributed by atoms with van der Waals surface area (Å²) in [5.74, 6) is 0.646. The number of rotatable bonds is 4. The van der Waals surface area contributed by atoms with E-state index in [0.29, 0.717) is 16.3 Å². The lowest BCUT2D eigenvalue weighted by Crippen LogP contribution is -2.33. The van der Waals surface area contributed by atoms with Crippen LogP contribution in [0.15, 0.2) is 46.9 Å². The quantitative estimate of drug-likeness (QED) is 0.698. The van der Waals surface area contributed by atoms with Crippen molar-refractivity contribution in [3.05, 3.63) is 63.1 Å². The van der Waals surface area contributed by atoms with Crippen LogP contribution >= 0.6 is 27.5 Å². The van der Waals surface area contributed by atoms with Gasteiger partial charge in [0.1, 0.15) is 0 Å². The zero-order valence-electron chi connectivity index (χ0n) is 14.3. The Kier molecular flexibility index (Phi) is 6.15. The van der Waals surface area contributed by atoms with E-state index in [2.05, 4.69) is 33.1 Å². The van der Waals surface area contributed by atoms with Crippen LogP contribution < -0.4 is 5.32 Å². The van der Waals surface area contributed by atoms with E-state index in [0.717, 1.165) is 30.0 Å². The Balaban J connectivity index is 1.61. The lowest BCUT2D eigenvalue weighted by atomic mass is 9.99. The number of nitrogens with one attached hydrogen (secondary N) is 1. The molecule has 0 radical (unpaired) electrons. The van der Waals surface area contributed by atoms with E-state index in [-0.39, 0.29) is 5.91 Å². The maximum absolute atomic E-state index is 12.4. The van der Waals surface area contributed by atoms with Crippen LogP contribution in [0.5, 0.6) is 0 Å². The second-order valence-electron chi connectivity index (χ2n) is 6.76. The monoisotopic (exact) mass is 420 g/mol. The first-order chi connectivity index (χ1) is 12.0. The van der Waals surface area contributed by atoms with Gasteiger partial charge in [-0.25, -0.2) is 0 Å². The minimum Gasteiger partial charge on any atom is -0.322 e. The number of piperidine rings is 1. The van der Waals surface area contributed by atoms with Gasteiger partial charge in [-0.15, -0.1) is 0 Å². The Morgan fingerprint density at radius 3 is 2.72 bits per heavy atom. The fourth-order valence-electron chi connectivity index (χ4n) is 3.23. The van der Waals surface area contributed by atoms with Gasteiger partial charge in [-0.05, 0) is 77.1 Å². The second-order valence-corrected chi connectivity index (χ2v) is 8.02. The van der Waals surface area contributed by atoms with Gasteiger partial charge < -0.3 is 5.32 Å². The van der Waals surface area contributed by atoms with Crippen LogP contribution in [-0.4, -0.2) is 23.9 Å². The van der Waals surface area contributed by atoms with E-state index in [9.17, 15) is 4.79 Å². The standard InChI is InChI=1S/C20H22BrClN2O/c1-14-3-2-10-24(12-14)13-15-4-6-16(7-5-15)20(25)23-17-8-9-18(21)19(22)11-17/h4-9,11,14H,2-3,10,12-13H2,1H3,(H,23,25). The van der Waals surface area contributed by atoms with Crippen LogP contribution in [0, 0.1) is 5.92 Å². The largest absolute Gasteiger partial charge is 0.322 e. The molecule has 0 bridgehead atoms. The van der Waals surface area contributed by atoms with Gasteiger partial charge in [-0.1, -0.05) is 30.7 Å². The van der Waals surface area contributed by atoms with Crippen LogP contribution in [0.25, 0.3) is 0 Å². The van der Waals surface area contributed by atoms with Crippen molar-refractivity contribution in [2.45, 2.75) is 26.3 Å². The van der Waals surface area contributed by atoms with Crippen molar-refractivity contribution in [2.75, 3.05) is 18.4 Å². The Morgan fingerprint density at radius 1 is 1.28 bits per heavy atom. The Bertz CT molecular complexity index is 748. The summed E-state index contributed by atoms with van der Waals surface area (Å²) in [4.78, 5) is 14.9. The van der Waals surface area contributed by atoms with E-state index in [1.54, 1.807) is 6.07 Å². The van der Waals surface area contributed by atoms with Gasteiger partial charge in [0, 0.05) is 28.8 Å². The SMILES string of the molecule is CC1CCCN(Cc2ccc(C(=O)Nc3ccc(Br)c(Cl)c3)cc2)C1. The van der Waals surface area contributed by atoms with Crippen molar-refractivity contribution in [3.63, 3.8) is 0 Å². The average Bonchev–Trinajstić information content (AvgIpc) is 2.59. The average molecular weight is 422 g/mol. The molecule has 0 spiro atoms. The number of hydrogen-bond acceptors (Lipinski definition) is 2. The van der Waals surface area contributed by atoms with Crippen LogP contribution in [0.4, 0.5) is 5.69 Å². The molecule has 0 saturated carbocycles. The van der Waals surface area contributed by atoms with Gasteiger partial charge in [0.2, 0.25) is 0 Å². The van der Waals surface area contributed by atoms with Crippen LogP contribution in [0.3, 0.4) is 0 Å². The predicted octanol–water partition coefficient (Wildman–Crippen LogP) is 5.59. The first-order valence-corrected chi connectivity index (χ1v) is 9.76. The molecule has 3 nitrogen and oxygen atoms in total. The zero-order chi connectivity index (χ0) is 17.8. The molecule has 2 aromatic carbocycles. The molecule has 0 aromatic heterocycles. The van der Waals surface area contributed by atoms with E-state index in [1.807, 2.05) is 36.4 Å². The Hall–Kier alpha value is -1.36. The molecule has 1 atom stereocenters. The molecule has 1 N–H and O–H groups in total. The smallest absolute Gasteiger partial charge is 0.255 e. The molecule has 5 heteroatoms. The highest BCUT2D eigenvalue weighted by Crippen LogP contribution is 2.26. The molecular formula is C20H22BrClN2O. The summed E-state index contributed by atoms with van der Waals surface area (Å²) in [6, 6.07) is 13.2. The van der Waals surface area contributed by atoms with Gasteiger partial charge in [-0.3, -0.25) is 9.69 Å². The van der Waals surface area contributed by atoms with E-state index in [4.69, 9.17) is 11.6 Å². The van der Waals surface area contributed by atoms with Gasteiger partial charge >= 0.3 is 0 Å². The number of benzene rings is 2. The molecule has 0 aliphatic carbocycles. The summed E-state index contributed by atoms with van der Waals surface area (Å²) in [5, 5.41) is 3.45. The van der Waals surface area contributed by atoms with Gasteiger partial charge in [0.15, 0.2) is 0 Å². The molecule has 1 unspecified atom stereocenters. The van der Waals surface area contributed by atoms with Crippen LogP contribution in [0.1, 0.15) is 35.7 Å². The van der Waals surface area contributed by atoms with Crippen molar-refractivity contribution in [1.29, 1.82) is 0 Å². The fraction of sp³-hybridized carbons (Fsp3) is 0.350. The van der Waals surface area contributed by atoms with Crippen LogP contribution in [-0.2, 0) is 6.54 Å². The number of likely N-dealkylation sites (tertiary alicyclic amines) is 1. The third-order valence-electron chi connectivity index (χ3n) is 4.54. The zero-order valence-corrected chi connectivity index (χ0v) is 16.6. The number of carbonyl (C=O) groups is 1. The predicted molar refractivity (Wildman–Crippen MR) is 107 cm³/mol. The summed E-state index contributed by atoms with van der Waals surface area (Å²) in [6.07, 6.45) is 2.60. The molecular weight excluding hydrogens is 400 g/mol. The molecule has 1 aliphatic heterocycles. The minimum absolute atomic E-state index is 0.128. The highest BCUT2D eigenvalue weighted by molar-refractivity contribution is 9.10. The summed E-state index contributed by atoms with van der Waals surface area (Å²) < 4.78 is 0.809. The molecule has 1 saturated heterocycles. The molecule has 1 fully saturated rings. The van der Waals surface area contributed by atoms with E-state index in [1.165, 1.54) is 18.4 Å². The highest BCUT2D eigenvalue weighted by atomic mass is 79.9. The van der Waals surface area contributed by atoms with Crippen LogP contribution in [0.2, 0.25) is 5.02 Å². The number of nitrogens with zero attached hydrogens (tertiary/aromatic N) is 1. The van der Waals surface area contributed by atoms with Crippen molar-refractivity contribution in [3.8, 4) is 0 Å². The molecule has 132 valence electrons. The number of amides is 1. The van der Waals surface area contributed by atoms with E-state index < -0.39 is 0 Å². The molecule has 2 aromatic rings. The Morgan fingerprint density at radius 2 is 2.04 bits per heavy atom. The first-order valence-electron chi connectivity index (χ1n) is 8.59. The highest BCUT2D eigenvalue weighted by Gasteiger charge is 2.16. The van der Waals surface area contributed by atoms with Gasteiger partial charge in [0.05, 0.1) is 5.02 Å². The van der Waals surface area contributed by atoms with E-state index >= 15 is 0 Å². The lowest BCUT2D eigenvalue weighted by Gasteiger charge is -2.30.